The first kappa shape index (κ1) is 14.7. The maximum absolute atomic E-state index is 12.1. The van der Waals surface area contributed by atoms with E-state index in [4.69, 9.17) is 0 Å². The number of hydrogen-bond donors (Lipinski definition) is 2. The molecule has 3 nitrogen and oxygen atoms in total. The van der Waals surface area contributed by atoms with E-state index in [9.17, 15) is 4.79 Å². The van der Waals surface area contributed by atoms with E-state index in [1.165, 1.54) is 5.56 Å². The van der Waals surface area contributed by atoms with Crippen LogP contribution in [0.2, 0.25) is 0 Å². The fourth-order valence-electron chi connectivity index (χ4n) is 2.06. The molecular formula is C15H24N2O. The Hall–Kier alpha value is -1.35. The Bertz CT molecular complexity index is 436. The molecule has 0 unspecified atom stereocenters. The second kappa shape index (κ2) is 5.53. The SMILES string of the molecule is CNNC(=O)C(C)(C)c1cc(C(C)C)ccc1C. The van der Waals surface area contributed by atoms with Gasteiger partial charge in [-0.15, -0.1) is 0 Å². The summed E-state index contributed by atoms with van der Waals surface area (Å²) >= 11 is 0. The van der Waals surface area contributed by atoms with Crippen molar-refractivity contribution in [2.75, 3.05) is 7.05 Å². The van der Waals surface area contributed by atoms with E-state index in [-0.39, 0.29) is 5.91 Å². The maximum atomic E-state index is 12.1. The monoisotopic (exact) mass is 248 g/mol. The molecule has 1 rings (SSSR count). The molecule has 18 heavy (non-hydrogen) atoms. The maximum Gasteiger partial charge on any atom is 0.244 e. The van der Waals surface area contributed by atoms with Crippen molar-refractivity contribution >= 4 is 5.91 Å². The van der Waals surface area contributed by atoms with Crippen molar-refractivity contribution in [2.45, 2.75) is 46.0 Å². The zero-order chi connectivity index (χ0) is 13.9. The average molecular weight is 248 g/mol. The highest BCUT2D eigenvalue weighted by Gasteiger charge is 2.31. The normalized spacial score (nSPS) is 11.7. The van der Waals surface area contributed by atoms with E-state index in [0.717, 1.165) is 11.1 Å². The number of benzene rings is 1. The third-order valence-electron chi connectivity index (χ3n) is 3.41. The molecule has 0 saturated heterocycles. The molecule has 0 aliphatic carbocycles. The van der Waals surface area contributed by atoms with Gasteiger partial charge in [-0.1, -0.05) is 32.0 Å². The molecule has 0 spiro atoms. The zero-order valence-corrected chi connectivity index (χ0v) is 12.2. The topological polar surface area (TPSA) is 41.1 Å². The summed E-state index contributed by atoms with van der Waals surface area (Å²) < 4.78 is 0. The number of rotatable bonds is 4. The molecule has 100 valence electrons. The quantitative estimate of drug-likeness (QED) is 0.804. The molecule has 2 N–H and O–H groups in total. The smallest absolute Gasteiger partial charge is 0.244 e. The summed E-state index contributed by atoms with van der Waals surface area (Å²) in [6.07, 6.45) is 0. The van der Waals surface area contributed by atoms with Crippen LogP contribution < -0.4 is 10.9 Å². The summed E-state index contributed by atoms with van der Waals surface area (Å²) in [7, 11) is 1.70. The van der Waals surface area contributed by atoms with Gasteiger partial charge in [-0.2, -0.15) is 0 Å². The number of carbonyl (C=O) groups excluding carboxylic acids is 1. The van der Waals surface area contributed by atoms with Gasteiger partial charge < -0.3 is 0 Å². The Morgan fingerprint density at radius 1 is 1.28 bits per heavy atom. The van der Waals surface area contributed by atoms with Crippen molar-refractivity contribution in [1.82, 2.24) is 10.9 Å². The minimum absolute atomic E-state index is 0.0194. The summed E-state index contributed by atoms with van der Waals surface area (Å²) in [5, 5.41) is 0. The highest BCUT2D eigenvalue weighted by Crippen LogP contribution is 2.29. The van der Waals surface area contributed by atoms with Crippen LogP contribution in [0, 0.1) is 6.92 Å². The number of hydrazine groups is 1. The molecule has 0 atom stereocenters. The lowest BCUT2D eigenvalue weighted by Gasteiger charge is -2.26. The molecule has 1 aromatic carbocycles. The van der Waals surface area contributed by atoms with Crippen LogP contribution in [0.3, 0.4) is 0 Å². The van der Waals surface area contributed by atoms with Crippen molar-refractivity contribution in [3.05, 3.63) is 34.9 Å². The Kier molecular flexibility index (Phi) is 4.52. The number of aryl methyl sites for hydroxylation is 1. The minimum Gasteiger partial charge on any atom is -0.291 e. The molecule has 0 fully saturated rings. The van der Waals surface area contributed by atoms with E-state index in [1.807, 2.05) is 20.8 Å². The molecule has 0 saturated carbocycles. The Labute approximate surface area is 110 Å². The fourth-order valence-corrected chi connectivity index (χ4v) is 2.06. The van der Waals surface area contributed by atoms with Crippen molar-refractivity contribution < 1.29 is 4.79 Å². The van der Waals surface area contributed by atoms with Crippen LogP contribution in [0.25, 0.3) is 0 Å². The molecule has 3 heteroatoms. The van der Waals surface area contributed by atoms with Gasteiger partial charge in [-0.3, -0.25) is 10.2 Å². The van der Waals surface area contributed by atoms with Gasteiger partial charge in [-0.25, -0.2) is 5.43 Å². The van der Waals surface area contributed by atoms with Gasteiger partial charge in [0.1, 0.15) is 0 Å². The van der Waals surface area contributed by atoms with Crippen LogP contribution in [0.4, 0.5) is 0 Å². The molecule has 0 radical (unpaired) electrons. The van der Waals surface area contributed by atoms with Crippen LogP contribution in [0.15, 0.2) is 18.2 Å². The predicted molar refractivity (Wildman–Crippen MR) is 75.5 cm³/mol. The molecule has 0 bridgehead atoms. The molecular weight excluding hydrogens is 224 g/mol. The lowest BCUT2D eigenvalue weighted by atomic mass is 9.79. The van der Waals surface area contributed by atoms with Crippen LogP contribution in [-0.2, 0) is 10.2 Å². The first-order valence-electron chi connectivity index (χ1n) is 6.39. The summed E-state index contributed by atoms with van der Waals surface area (Å²) in [5.74, 6) is 0.446. The molecule has 1 aromatic rings. The van der Waals surface area contributed by atoms with Crippen molar-refractivity contribution in [2.24, 2.45) is 0 Å². The lowest BCUT2D eigenvalue weighted by Crippen LogP contribution is -2.45. The Balaban J connectivity index is 3.22. The van der Waals surface area contributed by atoms with E-state index in [0.29, 0.717) is 5.92 Å². The van der Waals surface area contributed by atoms with Crippen molar-refractivity contribution in [1.29, 1.82) is 0 Å². The molecule has 1 amide bonds. The molecule has 0 aliphatic rings. The van der Waals surface area contributed by atoms with E-state index < -0.39 is 5.41 Å². The van der Waals surface area contributed by atoms with Gasteiger partial charge in [0.2, 0.25) is 5.91 Å². The summed E-state index contributed by atoms with van der Waals surface area (Å²) in [5.41, 5.74) is 8.33. The largest absolute Gasteiger partial charge is 0.291 e. The number of carbonyl (C=O) groups is 1. The van der Waals surface area contributed by atoms with E-state index in [1.54, 1.807) is 7.05 Å². The number of hydrogen-bond acceptors (Lipinski definition) is 2. The Morgan fingerprint density at radius 2 is 1.89 bits per heavy atom. The molecule has 0 heterocycles. The summed E-state index contributed by atoms with van der Waals surface area (Å²) in [6, 6.07) is 6.38. The van der Waals surface area contributed by atoms with Gasteiger partial charge in [0.15, 0.2) is 0 Å². The van der Waals surface area contributed by atoms with Crippen LogP contribution in [0.5, 0.6) is 0 Å². The standard InChI is InChI=1S/C15H24N2O/c1-10(2)12-8-7-11(3)13(9-12)15(4,5)14(18)17-16-6/h7-10,16H,1-6H3,(H,17,18). The van der Waals surface area contributed by atoms with Crippen LogP contribution in [0.1, 0.15) is 50.3 Å². The van der Waals surface area contributed by atoms with Crippen LogP contribution in [-0.4, -0.2) is 13.0 Å². The van der Waals surface area contributed by atoms with E-state index >= 15 is 0 Å². The number of nitrogens with one attached hydrogen (secondary N) is 2. The third-order valence-corrected chi connectivity index (χ3v) is 3.41. The highest BCUT2D eigenvalue weighted by molar-refractivity contribution is 5.87. The van der Waals surface area contributed by atoms with Crippen molar-refractivity contribution in [3.63, 3.8) is 0 Å². The summed E-state index contributed by atoms with van der Waals surface area (Å²) in [6.45, 7) is 10.3. The third kappa shape index (κ3) is 2.91. The fraction of sp³-hybridized carbons (Fsp3) is 0.533. The first-order chi connectivity index (χ1) is 8.30. The predicted octanol–water partition coefficient (Wildman–Crippen LogP) is 2.65. The minimum atomic E-state index is -0.544. The van der Waals surface area contributed by atoms with Gasteiger partial charge in [0, 0.05) is 7.05 Å². The summed E-state index contributed by atoms with van der Waals surface area (Å²) in [4.78, 5) is 12.1. The molecule has 0 aliphatic heterocycles. The van der Waals surface area contributed by atoms with Crippen LogP contribution >= 0.6 is 0 Å². The highest BCUT2D eigenvalue weighted by atomic mass is 16.2. The second-order valence-corrected chi connectivity index (χ2v) is 5.56. The van der Waals surface area contributed by atoms with Gasteiger partial charge in [-0.05, 0) is 43.4 Å². The van der Waals surface area contributed by atoms with Gasteiger partial charge in [0.25, 0.3) is 0 Å². The number of amides is 1. The van der Waals surface area contributed by atoms with Crippen molar-refractivity contribution in [3.8, 4) is 0 Å². The van der Waals surface area contributed by atoms with Gasteiger partial charge in [0.05, 0.1) is 5.41 Å². The average Bonchev–Trinajstić information content (AvgIpc) is 2.29. The van der Waals surface area contributed by atoms with Gasteiger partial charge >= 0.3 is 0 Å². The Morgan fingerprint density at radius 3 is 2.39 bits per heavy atom. The first-order valence-corrected chi connectivity index (χ1v) is 6.39. The zero-order valence-electron chi connectivity index (χ0n) is 12.2. The lowest BCUT2D eigenvalue weighted by molar-refractivity contribution is -0.126. The molecule has 0 aromatic heterocycles. The second-order valence-electron chi connectivity index (χ2n) is 5.56. The van der Waals surface area contributed by atoms with E-state index in [2.05, 4.69) is 42.9 Å².